The number of aliphatic hydroxyl groups excluding tert-OH is 1. The maximum atomic E-state index is 9.22. The summed E-state index contributed by atoms with van der Waals surface area (Å²) < 4.78 is 10.9. The Hall–Kier alpha value is -0.380. The molecule has 1 aliphatic rings. The zero-order valence-corrected chi connectivity index (χ0v) is 8.82. The van der Waals surface area contributed by atoms with E-state index in [4.69, 9.17) is 9.47 Å². The summed E-state index contributed by atoms with van der Waals surface area (Å²) in [6, 6.07) is 0. The Morgan fingerprint density at radius 1 is 1.57 bits per heavy atom. The van der Waals surface area contributed by atoms with Gasteiger partial charge in [0, 0.05) is 6.61 Å². The molecule has 0 aromatic rings. The van der Waals surface area contributed by atoms with Crippen LogP contribution in [0.15, 0.2) is 12.2 Å². The summed E-state index contributed by atoms with van der Waals surface area (Å²) >= 11 is 0. The standard InChI is InChI=1S/C11H20O3/c1-2-10(12)6-5-9-14-11-7-3-4-8-13-11/h5-6,10-12H,2-4,7-9H2,1H3/b6-5-. The molecule has 0 bridgehead atoms. The first-order valence-electron chi connectivity index (χ1n) is 5.41. The highest BCUT2D eigenvalue weighted by atomic mass is 16.7. The topological polar surface area (TPSA) is 38.7 Å². The number of aliphatic hydroxyl groups is 1. The molecule has 1 heterocycles. The van der Waals surface area contributed by atoms with Gasteiger partial charge in [0.2, 0.25) is 0 Å². The third-order valence-corrected chi connectivity index (χ3v) is 2.29. The smallest absolute Gasteiger partial charge is 0.157 e. The highest BCUT2D eigenvalue weighted by Gasteiger charge is 2.12. The van der Waals surface area contributed by atoms with E-state index in [1.165, 1.54) is 6.42 Å². The molecular formula is C11H20O3. The summed E-state index contributed by atoms with van der Waals surface area (Å²) in [5.74, 6) is 0. The Bertz CT molecular complexity index is 162. The molecule has 3 heteroatoms. The molecule has 0 spiro atoms. The predicted octanol–water partition coefficient (Wildman–Crippen LogP) is 1.86. The molecule has 2 unspecified atom stereocenters. The van der Waals surface area contributed by atoms with Crippen LogP contribution in [0.3, 0.4) is 0 Å². The van der Waals surface area contributed by atoms with Crippen molar-refractivity contribution in [2.45, 2.75) is 45.0 Å². The lowest BCUT2D eigenvalue weighted by Gasteiger charge is -2.21. The lowest BCUT2D eigenvalue weighted by atomic mass is 10.2. The summed E-state index contributed by atoms with van der Waals surface area (Å²) in [5.41, 5.74) is 0. The molecule has 0 saturated carbocycles. The monoisotopic (exact) mass is 200 g/mol. The van der Waals surface area contributed by atoms with Gasteiger partial charge in [-0.05, 0) is 25.7 Å². The molecule has 0 aromatic heterocycles. The van der Waals surface area contributed by atoms with E-state index >= 15 is 0 Å². The van der Waals surface area contributed by atoms with Crippen LogP contribution in [0, 0.1) is 0 Å². The van der Waals surface area contributed by atoms with E-state index < -0.39 is 0 Å². The highest BCUT2D eigenvalue weighted by molar-refractivity contribution is 4.87. The minimum Gasteiger partial charge on any atom is -0.389 e. The Labute approximate surface area is 85.7 Å². The van der Waals surface area contributed by atoms with Crippen LogP contribution in [0.25, 0.3) is 0 Å². The zero-order valence-electron chi connectivity index (χ0n) is 8.82. The van der Waals surface area contributed by atoms with Crippen molar-refractivity contribution < 1.29 is 14.6 Å². The van der Waals surface area contributed by atoms with Crippen LogP contribution in [0.1, 0.15) is 32.6 Å². The second kappa shape index (κ2) is 6.98. The van der Waals surface area contributed by atoms with Gasteiger partial charge >= 0.3 is 0 Å². The van der Waals surface area contributed by atoms with Crippen LogP contribution in [-0.4, -0.2) is 30.7 Å². The van der Waals surface area contributed by atoms with Crippen molar-refractivity contribution in [3.05, 3.63) is 12.2 Å². The van der Waals surface area contributed by atoms with Gasteiger partial charge in [-0.2, -0.15) is 0 Å². The fourth-order valence-electron chi connectivity index (χ4n) is 1.35. The second-order valence-electron chi connectivity index (χ2n) is 3.53. The first-order valence-corrected chi connectivity index (χ1v) is 5.41. The minimum absolute atomic E-state index is 0.0350. The van der Waals surface area contributed by atoms with Crippen molar-refractivity contribution in [3.8, 4) is 0 Å². The van der Waals surface area contributed by atoms with Crippen molar-refractivity contribution in [1.29, 1.82) is 0 Å². The highest BCUT2D eigenvalue weighted by Crippen LogP contribution is 2.13. The zero-order chi connectivity index (χ0) is 10.2. The molecule has 0 aliphatic carbocycles. The maximum Gasteiger partial charge on any atom is 0.157 e. The molecule has 0 amide bonds. The van der Waals surface area contributed by atoms with Gasteiger partial charge in [-0.3, -0.25) is 0 Å². The van der Waals surface area contributed by atoms with Gasteiger partial charge in [-0.1, -0.05) is 19.1 Å². The molecule has 1 saturated heterocycles. The molecule has 1 aliphatic heterocycles. The predicted molar refractivity (Wildman–Crippen MR) is 55.0 cm³/mol. The third kappa shape index (κ3) is 4.74. The summed E-state index contributed by atoms with van der Waals surface area (Å²) in [6.45, 7) is 3.29. The molecular weight excluding hydrogens is 180 g/mol. The fraction of sp³-hybridized carbons (Fsp3) is 0.818. The third-order valence-electron chi connectivity index (χ3n) is 2.29. The Morgan fingerprint density at radius 2 is 2.43 bits per heavy atom. The molecule has 1 rings (SSSR count). The van der Waals surface area contributed by atoms with Crippen LogP contribution in [0.5, 0.6) is 0 Å². The maximum absolute atomic E-state index is 9.22. The van der Waals surface area contributed by atoms with Crippen LogP contribution >= 0.6 is 0 Å². The van der Waals surface area contributed by atoms with Gasteiger partial charge in [0.25, 0.3) is 0 Å². The average Bonchev–Trinajstić information content (AvgIpc) is 2.25. The molecule has 1 N–H and O–H groups in total. The molecule has 1 fully saturated rings. The van der Waals surface area contributed by atoms with Crippen molar-refractivity contribution in [3.63, 3.8) is 0 Å². The van der Waals surface area contributed by atoms with Crippen LogP contribution in [0.2, 0.25) is 0 Å². The van der Waals surface area contributed by atoms with Gasteiger partial charge in [0.1, 0.15) is 0 Å². The summed E-state index contributed by atoms with van der Waals surface area (Å²) in [4.78, 5) is 0. The summed E-state index contributed by atoms with van der Waals surface area (Å²) in [6.07, 6.45) is 7.31. The number of rotatable bonds is 5. The van der Waals surface area contributed by atoms with E-state index in [9.17, 15) is 5.11 Å². The Morgan fingerprint density at radius 3 is 3.07 bits per heavy atom. The lowest BCUT2D eigenvalue weighted by molar-refractivity contribution is -0.155. The van der Waals surface area contributed by atoms with Crippen molar-refractivity contribution in [1.82, 2.24) is 0 Å². The molecule has 14 heavy (non-hydrogen) atoms. The van der Waals surface area contributed by atoms with E-state index in [0.29, 0.717) is 6.61 Å². The van der Waals surface area contributed by atoms with Crippen LogP contribution in [0.4, 0.5) is 0 Å². The van der Waals surface area contributed by atoms with E-state index in [1.54, 1.807) is 6.08 Å². The van der Waals surface area contributed by atoms with Crippen molar-refractivity contribution in [2.24, 2.45) is 0 Å². The van der Waals surface area contributed by atoms with Crippen LogP contribution in [-0.2, 0) is 9.47 Å². The van der Waals surface area contributed by atoms with Crippen molar-refractivity contribution >= 4 is 0 Å². The molecule has 0 radical (unpaired) electrons. The van der Waals surface area contributed by atoms with E-state index in [1.807, 2.05) is 13.0 Å². The Balaban J connectivity index is 2.04. The second-order valence-corrected chi connectivity index (χ2v) is 3.53. The fourth-order valence-corrected chi connectivity index (χ4v) is 1.35. The number of hydrogen-bond donors (Lipinski definition) is 1. The minimum atomic E-state index is -0.342. The number of ether oxygens (including phenoxy) is 2. The average molecular weight is 200 g/mol. The summed E-state index contributed by atoms with van der Waals surface area (Å²) in [5, 5.41) is 9.22. The quantitative estimate of drug-likeness (QED) is 0.688. The first kappa shape index (κ1) is 11.7. The van der Waals surface area contributed by atoms with Gasteiger partial charge in [0.15, 0.2) is 6.29 Å². The van der Waals surface area contributed by atoms with Gasteiger partial charge in [-0.15, -0.1) is 0 Å². The SMILES string of the molecule is CCC(O)/C=C\COC1CCCCO1. The van der Waals surface area contributed by atoms with Crippen molar-refractivity contribution in [2.75, 3.05) is 13.2 Å². The Kier molecular flexibility index (Phi) is 5.83. The largest absolute Gasteiger partial charge is 0.389 e. The molecule has 3 nitrogen and oxygen atoms in total. The lowest BCUT2D eigenvalue weighted by Crippen LogP contribution is -2.22. The molecule has 0 aromatic carbocycles. The normalized spacial score (nSPS) is 25.4. The summed E-state index contributed by atoms with van der Waals surface area (Å²) in [7, 11) is 0. The van der Waals surface area contributed by atoms with E-state index in [0.717, 1.165) is 25.9 Å². The number of hydrogen-bond acceptors (Lipinski definition) is 3. The molecule has 82 valence electrons. The van der Waals surface area contributed by atoms with Gasteiger partial charge in [0.05, 0.1) is 12.7 Å². The first-order chi connectivity index (χ1) is 6.83. The van der Waals surface area contributed by atoms with Gasteiger partial charge < -0.3 is 14.6 Å². The van der Waals surface area contributed by atoms with E-state index in [2.05, 4.69) is 0 Å². The van der Waals surface area contributed by atoms with E-state index in [-0.39, 0.29) is 12.4 Å². The molecule has 2 atom stereocenters. The van der Waals surface area contributed by atoms with Crippen LogP contribution < -0.4 is 0 Å². The van der Waals surface area contributed by atoms with Gasteiger partial charge in [-0.25, -0.2) is 0 Å².